The Morgan fingerprint density at radius 3 is 2.94 bits per heavy atom. The van der Waals surface area contributed by atoms with E-state index < -0.39 is 11.6 Å². The Morgan fingerprint density at radius 2 is 2.29 bits per heavy atom. The molecule has 1 aliphatic rings. The quantitative estimate of drug-likeness (QED) is 0.881. The molecule has 1 aromatic rings. The minimum Gasteiger partial charge on any atom is -0.486 e. The molecule has 0 saturated heterocycles. The lowest BCUT2D eigenvalue weighted by atomic mass is 9.89. The summed E-state index contributed by atoms with van der Waals surface area (Å²) in [6.07, 6.45) is -0.159. The lowest BCUT2D eigenvalue weighted by molar-refractivity contribution is -0.141. The molecule has 0 radical (unpaired) electrons. The van der Waals surface area contributed by atoms with Crippen LogP contribution in [0.1, 0.15) is 30.1 Å². The van der Waals surface area contributed by atoms with Crippen LogP contribution < -0.4 is 4.74 Å². The predicted molar refractivity (Wildman–Crippen MR) is 61.7 cm³/mol. The number of rotatable bonds is 2. The second kappa shape index (κ2) is 4.04. The van der Waals surface area contributed by atoms with E-state index >= 15 is 0 Å². The number of Topliss-reactive ketones (excluding diaryl/α,β-unsaturated/α-hetero) is 1. The Balaban J connectivity index is 2.36. The minimum atomic E-state index is -0.988. The third kappa shape index (κ3) is 2.42. The van der Waals surface area contributed by atoms with Gasteiger partial charge in [-0.05, 0) is 25.1 Å². The Labute approximate surface area is 103 Å². The van der Waals surface area contributed by atoms with Gasteiger partial charge in [0.2, 0.25) is 0 Å². The molecule has 0 amide bonds. The summed E-state index contributed by atoms with van der Waals surface area (Å²) in [5.74, 6) is -0.732. The summed E-state index contributed by atoms with van der Waals surface area (Å²) in [6.45, 7) is 1.62. The first-order valence-corrected chi connectivity index (χ1v) is 5.51. The molecule has 1 unspecified atom stereocenters. The molecular weight excluding hydrogens is 244 g/mol. The molecule has 1 aliphatic heterocycles. The van der Waals surface area contributed by atoms with E-state index in [1.807, 2.05) is 0 Å². The van der Waals surface area contributed by atoms with Gasteiger partial charge in [-0.25, -0.2) is 0 Å². The van der Waals surface area contributed by atoms with Crippen molar-refractivity contribution < 1.29 is 19.4 Å². The zero-order chi connectivity index (χ0) is 12.6. The van der Waals surface area contributed by atoms with Crippen molar-refractivity contribution in [2.75, 3.05) is 0 Å². The van der Waals surface area contributed by atoms with Gasteiger partial charge in [0.25, 0.3) is 0 Å². The van der Waals surface area contributed by atoms with Crippen LogP contribution in [-0.4, -0.2) is 22.5 Å². The number of fused-ring (bicyclic) bond motifs is 1. The molecule has 90 valence electrons. The Morgan fingerprint density at radius 1 is 1.59 bits per heavy atom. The van der Waals surface area contributed by atoms with Gasteiger partial charge in [-0.1, -0.05) is 11.6 Å². The van der Waals surface area contributed by atoms with Crippen molar-refractivity contribution in [1.29, 1.82) is 0 Å². The normalized spacial score (nSPS) is 22.8. The summed E-state index contributed by atoms with van der Waals surface area (Å²) in [7, 11) is 0. The summed E-state index contributed by atoms with van der Waals surface area (Å²) in [5, 5.41) is 9.26. The third-order valence-electron chi connectivity index (χ3n) is 2.66. The van der Waals surface area contributed by atoms with E-state index in [0.717, 1.165) is 0 Å². The minimum absolute atomic E-state index is 0.0483. The van der Waals surface area contributed by atoms with E-state index in [4.69, 9.17) is 21.4 Å². The number of halogens is 1. The zero-order valence-corrected chi connectivity index (χ0v) is 9.95. The Bertz CT molecular complexity index is 497. The van der Waals surface area contributed by atoms with Crippen molar-refractivity contribution in [3.8, 4) is 5.75 Å². The highest BCUT2D eigenvalue weighted by Gasteiger charge is 2.38. The van der Waals surface area contributed by atoms with E-state index in [2.05, 4.69) is 0 Å². The van der Waals surface area contributed by atoms with Crippen LogP contribution in [0.15, 0.2) is 18.2 Å². The average molecular weight is 255 g/mol. The van der Waals surface area contributed by atoms with Crippen molar-refractivity contribution in [2.45, 2.75) is 25.4 Å². The summed E-state index contributed by atoms with van der Waals surface area (Å²) in [5.41, 5.74) is -0.565. The number of benzene rings is 1. The molecule has 5 heteroatoms. The number of hydrogen-bond donors (Lipinski definition) is 1. The lowest BCUT2D eigenvalue weighted by Gasteiger charge is -2.33. The monoisotopic (exact) mass is 254 g/mol. The molecule has 0 saturated carbocycles. The van der Waals surface area contributed by atoms with Gasteiger partial charge in [-0.15, -0.1) is 0 Å². The molecule has 0 fully saturated rings. The summed E-state index contributed by atoms with van der Waals surface area (Å²) in [6, 6.07) is 4.74. The number of carboxylic acids is 1. The predicted octanol–water partition coefficient (Wildman–Crippen LogP) is 2.54. The van der Waals surface area contributed by atoms with Gasteiger partial charge in [-0.3, -0.25) is 9.59 Å². The fraction of sp³-hybridized carbons (Fsp3) is 0.333. The summed E-state index contributed by atoms with van der Waals surface area (Å²) in [4.78, 5) is 22.6. The van der Waals surface area contributed by atoms with Crippen molar-refractivity contribution in [3.63, 3.8) is 0 Å². The molecule has 0 spiro atoms. The van der Waals surface area contributed by atoms with E-state index in [1.54, 1.807) is 25.1 Å². The molecular formula is C12H11ClO4. The van der Waals surface area contributed by atoms with Gasteiger partial charge in [0.15, 0.2) is 5.78 Å². The smallest absolute Gasteiger partial charge is 0.307 e. The topological polar surface area (TPSA) is 63.6 Å². The van der Waals surface area contributed by atoms with E-state index in [9.17, 15) is 9.59 Å². The molecule has 17 heavy (non-hydrogen) atoms. The van der Waals surface area contributed by atoms with Gasteiger partial charge in [0, 0.05) is 5.02 Å². The molecule has 2 rings (SSSR count). The number of ether oxygens (including phenoxy) is 1. The number of hydrogen-bond acceptors (Lipinski definition) is 3. The van der Waals surface area contributed by atoms with Gasteiger partial charge in [0.1, 0.15) is 11.4 Å². The molecule has 1 heterocycles. The maximum Gasteiger partial charge on any atom is 0.307 e. The fourth-order valence-corrected chi connectivity index (χ4v) is 2.14. The largest absolute Gasteiger partial charge is 0.486 e. The number of carbonyl (C=O) groups excluding carboxylic acids is 1. The Hall–Kier alpha value is -1.55. The van der Waals surface area contributed by atoms with Crippen molar-refractivity contribution in [2.24, 2.45) is 0 Å². The number of carboxylic acid groups (broad SMARTS) is 1. The maximum absolute atomic E-state index is 11.9. The third-order valence-corrected chi connectivity index (χ3v) is 2.89. The highest BCUT2D eigenvalue weighted by molar-refractivity contribution is 6.31. The van der Waals surface area contributed by atoms with E-state index in [-0.39, 0.29) is 18.6 Å². The van der Waals surface area contributed by atoms with Crippen molar-refractivity contribution in [1.82, 2.24) is 0 Å². The molecule has 1 N–H and O–H groups in total. The van der Waals surface area contributed by atoms with Gasteiger partial charge < -0.3 is 9.84 Å². The first-order valence-electron chi connectivity index (χ1n) is 5.13. The molecule has 0 aromatic heterocycles. The van der Waals surface area contributed by atoms with Crippen LogP contribution >= 0.6 is 11.6 Å². The van der Waals surface area contributed by atoms with Crippen molar-refractivity contribution in [3.05, 3.63) is 28.8 Å². The highest BCUT2D eigenvalue weighted by atomic mass is 35.5. The van der Waals surface area contributed by atoms with Crippen LogP contribution in [-0.2, 0) is 4.79 Å². The fourth-order valence-electron chi connectivity index (χ4n) is 1.96. The average Bonchev–Trinajstić information content (AvgIpc) is 2.17. The van der Waals surface area contributed by atoms with E-state index in [0.29, 0.717) is 16.3 Å². The van der Waals surface area contributed by atoms with Gasteiger partial charge >= 0.3 is 5.97 Å². The van der Waals surface area contributed by atoms with Crippen molar-refractivity contribution >= 4 is 23.4 Å². The standard InChI is InChI=1S/C12H11ClO4/c1-12(6-11(15)16)5-9(14)8-4-7(13)2-3-10(8)17-12/h2-4H,5-6H2,1H3,(H,15,16). The number of aliphatic carboxylic acids is 1. The van der Waals surface area contributed by atoms with Crippen LogP contribution in [0.2, 0.25) is 5.02 Å². The SMILES string of the molecule is CC1(CC(=O)O)CC(=O)c2cc(Cl)ccc2O1. The van der Waals surface area contributed by atoms with E-state index in [1.165, 1.54) is 0 Å². The first kappa shape index (κ1) is 11.9. The maximum atomic E-state index is 11.9. The van der Waals surface area contributed by atoms with Gasteiger partial charge in [0.05, 0.1) is 18.4 Å². The number of carbonyl (C=O) groups is 2. The molecule has 1 atom stereocenters. The van der Waals surface area contributed by atoms with Crippen LogP contribution in [0.25, 0.3) is 0 Å². The number of ketones is 1. The molecule has 4 nitrogen and oxygen atoms in total. The molecule has 0 aliphatic carbocycles. The van der Waals surface area contributed by atoms with Gasteiger partial charge in [-0.2, -0.15) is 0 Å². The zero-order valence-electron chi connectivity index (χ0n) is 9.20. The van der Waals surface area contributed by atoms with Crippen LogP contribution in [0.5, 0.6) is 5.75 Å². The first-order chi connectivity index (χ1) is 7.89. The second-order valence-corrected chi connectivity index (χ2v) is 4.80. The van der Waals surface area contributed by atoms with Crippen LogP contribution in [0.4, 0.5) is 0 Å². The lowest BCUT2D eigenvalue weighted by Crippen LogP contribution is -2.41. The summed E-state index contributed by atoms with van der Waals surface area (Å²) < 4.78 is 5.60. The highest BCUT2D eigenvalue weighted by Crippen LogP contribution is 2.36. The Kier molecular flexibility index (Phi) is 2.83. The van der Waals surface area contributed by atoms with Crippen LogP contribution in [0, 0.1) is 0 Å². The molecule has 0 bridgehead atoms. The molecule has 1 aromatic carbocycles. The second-order valence-electron chi connectivity index (χ2n) is 4.36. The summed E-state index contributed by atoms with van der Waals surface area (Å²) >= 11 is 5.80. The van der Waals surface area contributed by atoms with Crippen LogP contribution in [0.3, 0.4) is 0 Å².